The van der Waals surface area contributed by atoms with E-state index in [1.54, 1.807) is 0 Å². The van der Waals surface area contributed by atoms with Crippen molar-refractivity contribution in [1.29, 1.82) is 0 Å². The third-order valence-corrected chi connectivity index (χ3v) is 3.88. The highest BCUT2D eigenvalue weighted by atomic mass is 15.1. The number of benzene rings is 1. The summed E-state index contributed by atoms with van der Waals surface area (Å²) in [7, 11) is 2.25. The minimum Gasteiger partial charge on any atom is -0.303 e. The maximum atomic E-state index is 3.97. The van der Waals surface area contributed by atoms with Crippen LogP contribution in [0.15, 0.2) is 30.8 Å². The van der Waals surface area contributed by atoms with Crippen LogP contribution in [0.4, 0.5) is 0 Å². The molecule has 1 fully saturated rings. The fourth-order valence-corrected chi connectivity index (χ4v) is 2.63. The number of hydrogen-bond acceptors (Lipinski definition) is 1. The molecule has 0 bridgehead atoms. The summed E-state index contributed by atoms with van der Waals surface area (Å²) in [4.78, 5) is 2.50. The molecule has 0 aliphatic carbocycles. The lowest BCUT2D eigenvalue weighted by Crippen LogP contribution is -2.25. The Morgan fingerprint density at radius 2 is 2.06 bits per heavy atom. The van der Waals surface area contributed by atoms with Crippen LogP contribution >= 0.6 is 0 Å². The molecular weight excluding hydrogens is 206 g/mol. The SMILES string of the molecule is C=C(C)c1ccc(CCC2CCCN2C)cc1. The van der Waals surface area contributed by atoms with Crippen LogP contribution in [0.25, 0.3) is 5.57 Å². The molecule has 1 atom stereocenters. The van der Waals surface area contributed by atoms with E-state index in [0.717, 1.165) is 11.6 Å². The summed E-state index contributed by atoms with van der Waals surface area (Å²) in [5.74, 6) is 0. The molecule has 1 aliphatic rings. The molecule has 0 spiro atoms. The van der Waals surface area contributed by atoms with E-state index in [9.17, 15) is 0 Å². The first-order valence-electron chi connectivity index (χ1n) is 6.62. The van der Waals surface area contributed by atoms with Gasteiger partial charge in [-0.05, 0) is 57.3 Å². The van der Waals surface area contributed by atoms with Crippen LogP contribution in [0.5, 0.6) is 0 Å². The van der Waals surface area contributed by atoms with Crippen LogP contribution in [0.1, 0.15) is 37.3 Å². The molecule has 1 aromatic carbocycles. The molecule has 17 heavy (non-hydrogen) atoms. The fraction of sp³-hybridized carbons (Fsp3) is 0.500. The van der Waals surface area contributed by atoms with Gasteiger partial charge in [0.1, 0.15) is 0 Å². The van der Waals surface area contributed by atoms with Crippen molar-refractivity contribution in [3.05, 3.63) is 42.0 Å². The van der Waals surface area contributed by atoms with E-state index in [1.165, 1.54) is 43.4 Å². The van der Waals surface area contributed by atoms with Crippen LogP contribution in [0, 0.1) is 0 Å². The van der Waals surface area contributed by atoms with Crippen molar-refractivity contribution in [2.75, 3.05) is 13.6 Å². The van der Waals surface area contributed by atoms with Crippen LogP contribution in [-0.4, -0.2) is 24.5 Å². The normalized spacial score (nSPS) is 20.7. The Labute approximate surface area is 105 Å². The van der Waals surface area contributed by atoms with Gasteiger partial charge >= 0.3 is 0 Å². The van der Waals surface area contributed by atoms with Crippen molar-refractivity contribution < 1.29 is 0 Å². The molecule has 0 N–H and O–H groups in total. The maximum Gasteiger partial charge on any atom is 0.00958 e. The zero-order valence-electron chi connectivity index (χ0n) is 11.1. The van der Waals surface area contributed by atoms with Gasteiger partial charge in [-0.15, -0.1) is 0 Å². The molecule has 1 saturated heterocycles. The molecule has 1 aliphatic heterocycles. The van der Waals surface area contributed by atoms with Crippen LogP contribution in [-0.2, 0) is 6.42 Å². The van der Waals surface area contributed by atoms with Crippen LogP contribution in [0.2, 0.25) is 0 Å². The van der Waals surface area contributed by atoms with Crippen molar-refractivity contribution in [1.82, 2.24) is 4.90 Å². The van der Waals surface area contributed by atoms with Gasteiger partial charge in [-0.25, -0.2) is 0 Å². The standard InChI is InChI=1S/C16H23N/c1-13(2)15-9-6-14(7-10-15)8-11-16-5-4-12-17(16)3/h6-7,9-10,16H,1,4-5,8,11-12H2,2-3H3. The minimum atomic E-state index is 0.802. The van der Waals surface area contributed by atoms with Gasteiger partial charge in [-0.3, -0.25) is 0 Å². The number of likely N-dealkylation sites (tertiary alicyclic amines) is 1. The van der Waals surface area contributed by atoms with E-state index in [4.69, 9.17) is 0 Å². The summed E-state index contributed by atoms with van der Waals surface area (Å²) in [5.41, 5.74) is 3.86. The monoisotopic (exact) mass is 229 g/mol. The van der Waals surface area contributed by atoms with Crippen LogP contribution in [0.3, 0.4) is 0 Å². The van der Waals surface area contributed by atoms with Gasteiger partial charge < -0.3 is 4.90 Å². The lowest BCUT2D eigenvalue weighted by atomic mass is 10.0. The highest BCUT2D eigenvalue weighted by molar-refractivity contribution is 5.61. The van der Waals surface area contributed by atoms with Gasteiger partial charge in [-0.2, -0.15) is 0 Å². The summed E-state index contributed by atoms with van der Waals surface area (Å²) in [6.45, 7) is 7.30. The number of nitrogens with zero attached hydrogens (tertiary/aromatic N) is 1. The molecule has 0 saturated carbocycles. The molecule has 1 nitrogen and oxygen atoms in total. The zero-order chi connectivity index (χ0) is 12.3. The van der Waals surface area contributed by atoms with E-state index >= 15 is 0 Å². The van der Waals surface area contributed by atoms with Gasteiger partial charge in [-0.1, -0.05) is 36.4 Å². The number of allylic oxidation sites excluding steroid dienone is 1. The highest BCUT2D eigenvalue weighted by Gasteiger charge is 2.19. The number of rotatable bonds is 4. The highest BCUT2D eigenvalue weighted by Crippen LogP contribution is 2.20. The van der Waals surface area contributed by atoms with E-state index in [1.807, 2.05) is 0 Å². The lowest BCUT2D eigenvalue weighted by molar-refractivity contribution is 0.296. The van der Waals surface area contributed by atoms with Crippen molar-refractivity contribution in [2.45, 2.75) is 38.6 Å². The molecular formula is C16H23N. The summed E-state index contributed by atoms with van der Waals surface area (Å²) < 4.78 is 0. The fourth-order valence-electron chi connectivity index (χ4n) is 2.63. The average molecular weight is 229 g/mol. The number of aryl methyl sites for hydroxylation is 1. The Morgan fingerprint density at radius 3 is 2.59 bits per heavy atom. The van der Waals surface area contributed by atoms with Gasteiger partial charge in [0.05, 0.1) is 0 Å². The zero-order valence-corrected chi connectivity index (χ0v) is 11.1. The lowest BCUT2D eigenvalue weighted by Gasteiger charge is -2.19. The smallest absolute Gasteiger partial charge is 0.00958 e. The second kappa shape index (κ2) is 5.50. The summed E-state index contributed by atoms with van der Waals surface area (Å²) in [6, 6.07) is 9.68. The minimum absolute atomic E-state index is 0.802. The summed E-state index contributed by atoms with van der Waals surface area (Å²) >= 11 is 0. The third kappa shape index (κ3) is 3.19. The van der Waals surface area contributed by atoms with Gasteiger partial charge in [0.2, 0.25) is 0 Å². The molecule has 1 heteroatoms. The average Bonchev–Trinajstić information content (AvgIpc) is 2.73. The molecule has 2 rings (SSSR count). The summed E-state index contributed by atoms with van der Waals surface area (Å²) in [6.07, 6.45) is 5.24. The van der Waals surface area contributed by atoms with E-state index < -0.39 is 0 Å². The largest absolute Gasteiger partial charge is 0.303 e. The molecule has 1 heterocycles. The van der Waals surface area contributed by atoms with E-state index in [0.29, 0.717) is 0 Å². The van der Waals surface area contributed by atoms with E-state index in [2.05, 4.69) is 49.7 Å². The maximum absolute atomic E-state index is 3.97. The van der Waals surface area contributed by atoms with Gasteiger partial charge in [0.15, 0.2) is 0 Å². The van der Waals surface area contributed by atoms with Crippen molar-refractivity contribution in [3.63, 3.8) is 0 Å². The molecule has 92 valence electrons. The first-order valence-corrected chi connectivity index (χ1v) is 6.62. The van der Waals surface area contributed by atoms with Crippen molar-refractivity contribution >= 4 is 5.57 Å². The van der Waals surface area contributed by atoms with Crippen LogP contribution < -0.4 is 0 Å². The third-order valence-electron chi connectivity index (χ3n) is 3.88. The Morgan fingerprint density at radius 1 is 1.35 bits per heavy atom. The second-order valence-corrected chi connectivity index (χ2v) is 5.29. The Kier molecular flexibility index (Phi) is 4.01. The topological polar surface area (TPSA) is 3.24 Å². The van der Waals surface area contributed by atoms with E-state index in [-0.39, 0.29) is 0 Å². The van der Waals surface area contributed by atoms with Crippen molar-refractivity contribution in [3.8, 4) is 0 Å². The first-order chi connectivity index (χ1) is 8.16. The van der Waals surface area contributed by atoms with Gasteiger partial charge in [0, 0.05) is 6.04 Å². The quantitative estimate of drug-likeness (QED) is 0.760. The Bertz CT molecular complexity index is 377. The molecule has 0 aromatic heterocycles. The molecule has 0 radical (unpaired) electrons. The number of hydrogen-bond donors (Lipinski definition) is 0. The predicted octanol–water partition coefficient (Wildman–Crippen LogP) is 3.75. The Balaban J connectivity index is 1.88. The molecule has 1 aromatic rings. The van der Waals surface area contributed by atoms with Crippen molar-refractivity contribution in [2.24, 2.45) is 0 Å². The first kappa shape index (κ1) is 12.4. The summed E-state index contributed by atoms with van der Waals surface area (Å²) in [5, 5.41) is 0. The molecule has 0 amide bonds. The Hall–Kier alpha value is -1.08. The predicted molar refractivity (Wildman–Crippen MR) is 75.1 cm³/mol. The molecule has 1 unspecified atom stereocenters. The second-order valence-electron chi connectivity index (χ2n) is 5.29. The van der Waals surface area contributed by atoms with Gasteiger partial charge in [0.25, 0.3) is 0 Å².